The number of halogens is 3. The van der Waals surface area contributed by atoms with E-state index in [0.717, 1.165) is 12.1 Å². The van der Waals surface area contributed by atoms with Gasteiger partial charge in [-0.15, -0.1) is 0 Å². The summed E-state index contributed by atoms with van der Waals surface area (Å²) in [5, 5.41) is 5.23. The number of piperazine rings is 1. The van der Waals surface area contributed by atoms with E-state index in [0.29, 0.717) is 49.7 Å². The number of nitrogens with zero attached hydrogens (tertiary/aromatic N) is 2. The van der Waals surface area contributed by atoms with E-state index in [1.165, 1.54) is 6.07 Å². The van der Waals surface area contributed by atoms with E-state index in [-0.39, 0.29) is 19.2 Å². The van der Waals surface area contributed by atoms with Gasteiger partial charge >= 0.3 is 18.2 Å². The minimum atomic E-state index is -4.37. The molecule has 1 aromatic carbocycles. The first-order valence-electron chi connectivity index (χ1n) is 9.36. The van der Waals surface area contributed by atoms with Crippen molar-refractivity contribution in [3.8, 4) is 0 Å². The number of carbonyl (C=O) groups is 2. The van der Waals surface area contributed by atoms with Gasteiger partial charge in [0.15, 0.2) is 0 Å². The predicted octanol–water partition coefficient (Wildman–Crippen LogP) is 1.96. The van der Waals surface area contributed by atoms with Crippen LogP contribution in [0.1, 0.15) is 12.5 Å². The lowest BCUT2D eigenvalue weighted by Crippen LogP contribution is -2.51. The van der Waals surface area contributed by atoms with Crippen molar-refractivity contribution in [2.75, 3.05) is 50.8 Å². The molecule has 158 valence electrons. The molecular weight excluding hydrogens is 389 g/mol. The molecule has 0 atom stereocenters. The van der Waals surface area contributed by atoms with Gasteiger partial charge in [-0.05, 0) is 25.1 Å². The number of esters is 1. The van der Waals surface area contributed by atoms with Gasteiger partial charge in [0.1, 0.15) is 0 Å². The molecule has 2 heterocycles. The zero-order valence-electron chi connectivity index (χ0n) is 16.0. The summed E-state index contributed by atoms with van der Waals surface area (Å²) in [7, 11) is 0. The summed E-state index contributed by atoms with van der Waals surface area (Å²) in [6, 6.07) is 4.91. The first kappa shape index (κ1) is 21.0. The summed E-state index contributed by atoms with van der Waals surface area (Å²) < 4.78 is 43.9. The van der Waals surface area contributed by atoms with Gasteiger partial charge in [-0.25, -0.2) is 9.59 Å². The Labute approximate surface area is 166 Å². The number of ether oxygens (including phenoxy) is 1. The highest BCUT2D eigenvalue weighted by atomic mass is 19.4. The van der Waals surface area contributed by atoms with Crippen molar-refractivity contribution >= 4 is 17.7 Å². The molecule has 0 unspecified atom stereocenters. The van der Waals surface area contributed by atoms with E-state index in [4.69, 9.17) is 4.74 Å². The standard InChI is InChI=1S/C19H23F3N4O3/c1-2-29-17(27)15-11-23-18(28)24-16(15)12-25-6-8-26(9-7-25)14-5-3-4-13(10-14)19(20,21)22/h3-5,10H,2,6-9,11-12H2,1H3,(H2,23,24,28). The Morgan fingerprint density at radius 1 is 1.21 bits per heavy atom. The van der Waals surface area contributed by atoms with E-state index in [1.807, 2.05) is 9.80 Å². The average molecular weight is 412 g/mol. The SMILES string of the molecule is CCOC(=O)C1=C(CN2CCN(c3cccc(C(F)(F)F)c3)CC2)NC(=O)NC1. The Bertz CT molecular complexity index is 802. The quantitative estimate of drug-likeness (QED) is 0.724. The highest BCUT2D eigenvalue weighted by molar-refractivity contribution is 5.93. The van der Waals surface area contributed by atoms with Crippen LogP contribution in [0.15, 0.2) is 35.5 Å². The number of urea groups is 1. The largest absolute Gasteiger partial charge is 0.463 e. The number of alkyl halides is 3. The van der Waals surface area contributed by atoms with Crippen molar-refractivity contribution in [2.24, 2.45) is 0 Å². The number of anilines is 1. The van der Waals surface area contributed by atoms with Crippen LogP contribution in [0.25, 0.3) is 0 Å². The van der Waals surface area contributed by atoms with Crippen LogP contribution in [0, 0.1) is 0 Å². The maximum Gasteiger partial charge on any atom is 0.416 e. The van der Waals surface area contributed by atoms with Crippen LogP contribution in [-0.2, 0) is 15.7 Å². The fraction of sp³-hybridized carbons (Fsp3) is 0.474. The second kappa shape index (κ2) is 8.73. The highest BCUT2D eigenvalue weighted by Crippen LogP contribution is 2.31. The van der Waals surface area contributed by atoms with Crippen LogP contribution in [0.3, 0.4) is 0 Å². The number of hydrogen-bond acceptors (Lipinski definition) is 5. The molecule has 1 fully saturated rings. The van der Waals surface area contributed by atoms with Gasteiger partial charge in [0.05, 0.1) is 24.3 Å². The van der Waals surface area contributed by atoms with Crippen molar-refractivity contribution in [3.05, 3.63) is 41.1 Å². The van der Waals surface area contributed by atoms with Crippen molar-refractivity contribution in [2.45, 2.75) is 13.1 Å². The van der Waals surface area contributed by atoms with E-state index in [2.05, 4.69) is 10.6 Å². The Hall–Kier alpha value is -2.75. The number of carbonyl (C=O) groups excluding carboxylic acids is 2. The summed E-state index contributed by atoms with van der Waals surface area (Å²) in [6.07, 6.45) is -4.37. The van der Waals surface area contributed by atoms with Gasteiger partial charge in [-0.2, -0.15) is 13.2 Å². The second-order valence-corrected chi connectivity index (χ2v) is 6.80. The van der Waals surface area contributed by atoms with Gasteiger partial charge in [-0.3, -0.25) is 4.90 Å². The number of amides is 2. The smallest absolute Gasteiger partial charge is 0.416 e. The highest BCUT2D eigenvalue weighted by Gasteiger charge is 2.31. The second-order valence-electron chi connectivity index (χ2n) is 6.80. The van der Waals surface area contributed by atoms with Crippen molar-refractivity contribution < 1.29 is 27.5 Å². The molecule has 2 aliphatic rings. The molecule has 0 saturated carbocycles. The lowest BCUT2D eigenvalue weighted by molar-refractivity contribution is -0.139. The third-order valence-corrected chi connectivity index (χ3v) is 4.87. The average Bonchev–Trinajstić information content (AvgIpc) is 2.68. The first-order valence-corrected chi connectivity index (χ1v) is 9.36. The predicted molar refractivity (Wildman–Crippen MR) is 100 cm³/mol. The van der Waals surface area contributed by atoms with Crippen LogP contribution < -0.4 is 15.5 Å². The Morgan fingerprint density at radius 2 is 1.93 bits per heavy atom. The molecule has 7 nitrogen and oxygen atoms in total. The van der Waals surface area contributed by atoms with Gasteiger partial charge < -0.3 is 20.3 Å². The monoisotopic (exact) mass is 412 g/mol. The molecule has 2 amide bonds. The molecule has 0 bridgehead atoms. The van der Waals surface area contributed by atoms with E-state index in [9.17, 15) is 22.8 Å². The maximum atomic E-state index is 12.9. The van der Waals surface area contributed by atoms with Crippen LogP contribution >= 0.6 is 0 Å². The summed E-state index contributed by atoms with van der Waals surface area (Å²) in [6.45, 7) is 4.64. The third kappa shape index (κ3) is 5.20. The topological polar surface area (TPSA) is 73.9 Å². The Morgan fingerprint density at radius 3 is 2.59 bits per heavy atom. The number of nitrogens with one attached hydrogen (secondary N) is 2. The molecule has 2 aliphatic heterocycles. The Balaban J connectivity index is 1.64. The van der Waals surface area contributed by atoms with Gasteiger partial charge in [0, 0.05) is 44.1 Å². The molecule has 3 rings (SSSR count). The van der Waals surface area contributed by atoms with Gasteiger partial charge in [-0.1, -0.05) is 6.07 Å². The van der Waals surface area contributed by atoms with Crippen LogP contribution in [0.5, 0.6) is 0 Å². The molecule has 0 radical (unpaired) electrons. The Kier molecular flexibility index (Phi) is 6.31. The van der Waals surface area contributed by atoms with Crippen LogP contribution in [0.4, 0.5) is 23.7 Å². The van der Waals surface area contributed by atoms with E-state index < -0.39 is 17.7 Å². The minimum Gasteiger partial charge on any atom is -0.463 e. The van der Waals surface area contributed by atoms with Crippen LogP contribution in [0.2, 0.25) is 0 Å². The van der Waals surface area contributed by atoms with Crippen molar-refractivity contribution in [3.63, 3.8) is 0 Å². The van der Waals surface area contributed by atoms with E-state index >= 15 is 0 Å². The molecule has 2 N–H and O–H groups in total. The summed E-state index contributed by atoms with van der Waals surface area (Å²) in [4.78, 5) is 27.7. The minimum absolute atomic E-state index is 0.101. The fourth-order valence-corrected chi connectivity index (χ4v) is 3.35. The van der Waals surface area contributed by atoms with Crippen molar-refractivity contribution in [1.82, 2.24) is 15.5 Å². The fourth-order valence-electron chi connectivity index (χ4n) is 3.35. The van der Waals surface area contributed by atoms with Crippen molar-refractivity contribution in [1.29, 1.82) is 0 Å². The lowest BCUT2D eigenvalue weighted by atomic mass is 10.1. The zero-order chi connectivity index (χ0) is 21.0. The van der Waals surface area contributed by atoms with Gasteiger partial charge in [0.25, 0.3) is 0 Å². The lowest BCUT2D eigenvalue weighted by Gasteiger charge is -2.37. The van der Waals surface area contributed by atoms with Crippen LogP contribution in [-0.4, -0.2) is 62.8 Å². The maximum absolute atomic E-state index is 12.9. The molecule has 10 heteroatoms. The molecule has 29 heavy (non-hydrogen) atoms. The van der Waals surface area contributed by atoms with Gasteiger partial charge in [0.2, 0.25) is 0 Å². The summed E-state index contributed by atoms with van der Waals surface area (Å²) in [5.41, 5.74) is 0.742. The molecule has 1 aromatic rings. The molecule has 0 spiro atoms. The first-order chi connectivity index (χ1) is 13.8. The molecular formula is C19H23F3N4O3. The summed E-state index contributed by atoms with van der Waals surface area (Å²) >= 11 is 0. The molecule has 1 saturated heterocycles. The zero-order valence-corrected chi connectivity index (χ0v) is 16.0. The third-order valence-electron chi connectivity index (χ3n) is 4.87. The normalized spacial score (nSPS) is 18.3. The molecule has 0 aromatic heterocycles. The number of rotatable bonds is 5. The molecule has 0 aliphatic carbocycles. The van der Waals surface area contributed by atoms with E-state index in [1.54, 1.807) is 13.0 Å². The number of hydrogen-bond donors (Lipinski definition) is 2. The number of benzene rings is 1. The summed E-state index contributed by atoms with van der Waals surface area (Å²) in [5.74, 6) is -0.474.